The molecule has 3 rings (SSSR count). The molecule has 0 bridgehead atoms. The van der Waals surface area contributed by atoms with E-state index in [1.165, 1.54) is 5.56 Å². The van der Waals surface area contributed by atoms with Crippen LogP contribution in [0.15, 0.2) is 47.6 Å². The first kappa shape index (κ1) is 22.8. The van der Waals surface area contributed by atoms with Crippen molar-refractivity contribution < 1.29 is 19.0 Å². The molecule has 7 nitrogen and oxygen atoms in total. The van der Waals surface area contributed by atoms with Crippen LogP contribution in [-0.2, 0) is 22.5 Å². The summed E-state index contributed by atoms with van der Waals surface area (Å²) >= 11 is 0. The summed E-state index contributed by atoms with van der Waals surface area (Å²) in [6.07, 6.45) is 3.76. The third kappa shape index (κ3) is 7.38. The fourth-order valence-corrected chi connectivity index (χ4v) is 3.40. The van der Waals surface area contributed by atoms with Crippen molar-refractivity contribution in [2.45, 2.75) is 26.3 Å². The second-order valence-corrected chi connectivity index (χ2v) is 7.44. The molecular weight excluding hydrogens is 394 g/mol. The van der Waals surface area contributed by atoms with Crippen LogP contribution < -0.4 is 14.9 Å². The number of hydrogen-bond acceptors (Lipinski definition) is 6. The van der Waals surface area contributed by atoms with Crippen LogP contribution in [0.4, 0.5) is 0 Å². The van der Waals surface area contributed by atoms with Gasteiger partial charge in [-0.25, -0.2) is 5.43 Å². The lowest BCUT2D eigenvalue weighted by Crippen LogP contribution is -2.35. The smallest absolute Gasteiger partial charge is 0.277 e. The van der Waals surface area contributed by atoms with Crippen LogP contribution in [0, 0.1) is 0 Å². The molecule has 31 heavy (non-hydrogen) atoms. The zero-order valence-corrected chi connectivity index (χ0v) is 18.3. The van der Waals surface area contributed by atoms with E-state index in [1.807, 2.05) is 42.5 Å². The minimum atomic E-state index is -0.309. The maximum atomic E-state index is 12.0. The Balaban J connectivity index is 1.49. The highest BCUT2D eigenvalue weighted by molar-refractivity contribution is 5.83. The largest absolute Gasteiger partial charge is 0.496 e. The van der Waals surface area contributed by atoms with Gasteiger partial charge in [0, 0.05) is 25.2 Å². The molecule has 7 heteroatoms. The summed E-state index contributed by atoms with van der Waals surface area (Å²) < 4.78 is 16.4. The van der Waals surface area contributed by atoms with Gasteiger partial charge in [0.05, 0.1) is 26.5 Å². The molecule has 2 aromatic carbocycles. The van der Waals surface area contributed by atoms with E-state index in [2.05, 4.69) is 22.4 Å². The number of hydrogen-bond donors (Lipinski definition) is 1. The second kappa shape index (κ2) is 12.1. The number of carbonyl (C=O) groups excluding carboxylic acids is 1. The van der Waals surface area contributed by atoms with Crippen molar-refractivity contribution in [2.75, 3.05) is 40.0 Å². The Morgan fingerprint density at radius 2 is 1.97 bits per heavy atom. The molecule has 1 fully saturated rings. The molecule has 1 aliphatic rings. The summed E-state index contributed by atoms with van der Waals surface area (Å²) in [7, 11) is 1.67. The minimum absolute atomic E-state index is 0.0879. The molecule has 1 amide bonds. The molecule has 166 valence electrons. The lowest BCUT2D eigenvalue weighted by Gasteiger charge is -2.27. The zero-order valence-electron chi connectivity index (χ0n) is 18.3. The summed E-state index contributed by atoms with van der Waals surface area (Å²) in [5, 5.41) is 4.06. The second-order valence-electron chi connectivity index (χ2n) is 7.44. The Kier molecular flexibility index (Phi) is 8.87. The first-order valence-corrected chi connectivity index (χ1v) is 10.7. The van der Waals surface area contributed by atoms with Gasteiger partial charge in [0.25, 0.3) is 5.91 Å². The van der Waals surface area contributed by atoms with Gasteiger partial charge in [-0.3, -0.25) is 9.69 Å². The molecule has 1 saturated heterocycles. The minimum Gasteiger partial charge on any atom is -0.496 e. The molecule has 0 atom stereocenters. The van der Waals surface area contributed by atoms with Gasteiger partial charge < -0.3 is 14.2 Å². The number of aryl methyl sites for hydroxylation is 1. The van der Waals surface area contributed by atoms with E-state index in [1.54, 1.807) is 13.3 Å². The van der Waals surface area contributed by atoms with E-state index in [4.69, 9.17) is 14.2 Å². The number of hydrazone groups is 1. The highest BCUT2D eigenvalue weighted by Crippen LogP contribution is 2.21. The first-order valence-electron chi connectivity index (χ1n) is 10.7. The Morgan fingerprint density at radius 3 is 2.68 bits per heavy atom. The van der Waals surface area contributed by atoms with Gasteiger partial charge in [-0.2, -0.15) is 5.10 Å². The molecule has 1 aliphatic heterocycles. The monoisotopic (exact) mass is 425 g/mol. The normalized spacial score (nSPS) is 14.5. The fourth-order valence-electron chi connectivity index (χ4n) is 3.40. The molecule has 0 aliphatic carbocycles. The van der Waals surface area contributed by atoms with E-state index in [9.17, 15) is 4.79 Å². The van der Waals surface area contributed by atoms with Crippen molar-refractivity contribution in [3.63, 3.8) is 0 Å². The highest BCUT2D eigenvalue weighted by Gasteiger charge is 2.13. The molecule has 0 aromatic heterocycles. The average Bonchev–Trinajstić information content (AvgIpc) is 2.80. The number of benzene rings is 2. The van der Waals surface area contributed by atoms with Gasteiger partial charge >= 0.3 is 0 Å². The van der Waals surface area contributed by atoms with Gasteiger partial charge in [0.15, 0.2) is 6.61 Å². The summed E-state index contributed by atoms with van der Waals surface area (Å²) in [6.45, 7) is 6.14. The van der Waals surface area contributed by atoms with Crippen molar-refractivity contribution in [3.8, 4) is 11.5 Å². The number of nitrogens with zero attached hydrogens (tertiary/aromatic N) is 2. The number of methoxy groups -OCH3 is 1. The zero-order chi connectivity index (χ0) is 21.9. The van der Waals surface area contributed by atoms with E-state index < -0.39 is 0 Å². The van der Waals surface area contributed by atoms with Gasteiger partial charge in [0.1, 0.15) is 11.5 Å². The Morgan fingerprint density at radius 1 is 1.19 bits per heavy atom. The molecular formula is C24H31N3O4. The van der Waals surface area contributed by atoms with Crippen LogP contribution >= 0.6 is 0 Å². The average molecular weight is 426 g/mol. The van der Waals surface area contributed by atoms with Crippen molar-refractivity contribution in [2.24, 2.45) is 5.10 Å². The van der Waals surface area contributed by atoms with Gasteiger partial charge in [0.2, 0.25) is 0 Å². The summed E-state index contributed by atoms with van der Waals surface area (Å²) in [6, 6.07) is 13.7. The molecule has 0 saturated carbocycles. The number of ether oxygens (including phenoxy) is 3. The lowest BCUT2D eigenvalue weighted by atomic mass is 10.1. The quantitative estimate of drug-likeness (QED) is 0.468. The number of nitrogens with one attached hydrogen (secondary N) is 1. The summed E-state index contributed by atoms with van der Waals surface area (Å²) in [4.78, 5) is 14.3. The van der Waals surface area contributed by atoms with Crippen molar-refractivity contribution in [3.05, 3.63) is 59.2 Å². The van der Waals surface area contributed by atoms with Crippen LogP contribution in [0.3, 0.4) is 0 Å². The Labute approximate surface area is 184 Å². The molecule has 0 radical (unpaired) electrons. The van der Waals surface area contributed by atoms with Crippen molar-refractivity contribution in [1.29, 1.82) is 0 Å². The maximum Gasteiger partial charge on any atom is 0.277 e. The third-order valence-corrected chi connectivity index (χ3v) is 5.04. The lowest BCUT2D eigenvalue weighted by molar-refractivity contribution is -0.123. The molecule has 0 unspecified atom stereocenters. The molecule has 2 aromatic rings. The molecule has 1 heterocycles. The first-order chi connectivity index (χ1) is 15.2. The summed E-state index contributed by atoms with van der Waals surface area (Å²) in [5.74, 6) is 1.20. The van der Waals surface area contributed by atoms with Crippen LogP contribution in [0.25, 0.3) is 0 Å². The number of amides is 1. The number of carbonyl (C=O) groups is 1. The van der Waals surface area contributed by atoms with E-state index in [-0.39, 0.29) is 12.5 Å². The Bertz CT molecular complexity index is 862. The molecule has 1 N–H and O–H groups in total. The van der Waals surface area contributed by atoms with E-state index >= 15 is 0 Å². The predicted molar refractivity (Wildman–Crippen MR) is 121 cm³/mol. The fraction of sp³-hybridized carbons (Fsp3) is 0.417. The maximum absolute atomic E-state index is 12.0. The van der Waals surface area contributed by atoms with Gasteiger partial charge in [-0.1, -0.05) is 25.5 Å². The van der Waals surface area contributed by atoms with E-state index in [0.29, 0.717) is 5.75 Å². The highest BCUT2D eigenvalue weighted by atomic mass is 16.5. The summed E-state index contributed by atoms with van der Waals surface area (Å²) in [5.41, 5.74) is 5.73. The predicted octanol–water partition coefficient (Wildman–Crippen LogP) is 3.01. The van der Waals surface area contributed by atoms with Crippen LogP contribution in [0.2, 0.25) is 0 Å². The number of morpholine rings is 1. The molecule has 0 spiro atoms. The topological polar surface area (TPSA) is 72.4 Å². The van der Waals surface area contributed by atoms with Gasteiger partial charge in [-0.15, -0.1) is 0 Å². The number of rotatable bonds is 10. The van der Waals surface area contributed by atoms with Crippen molar-refractivity contribution >= 4 is 12.1 Å². The van der Waals surface area contributed by atoms with E-state index in [0.717, 1.165) is 62.6 Å². The van der Waals surface area contributed by atoms with Crippen LogP contribution in [0.1, 0.15) is 30.0 Å². The standard InChI is InChI=1S/C24H31N3O4/c1-3-4-19-5-8-22(9-6-19)31-18-24(28)26-25-16-20-7-10-23(29-2)21(15-20)17-27-11-13-30-14-12-27/h5-10,15-16H,3-4,11-14,17-18H2,1-2H3,(H,26,28)/b25-16+. The van der Waals surface area contributed by atoms with Crippen LogP contribution in [-0.4, -0.2) is 57.0 Å². The Hall–Kier alpha value is -2.90. The SMILES string of the molecule is CCCc1ccc(OCC(=O)N/N=C/c2ccc(OC)c(CN3CCOCC3)c2)cc1. The van der Waals surface area contributed by atoms with Gasteiger partial charge in [-0.05, 0) is 47.9 Å². The van der Waals surface area contributed by atoms with Crippen molar-refractivity contribution in [1.82, 2.24) is 10.3 Å². The third-order valence-electron chi connectivity index (χ3n) is 5.04. The van der Waals surface area contributed by atoms with Crippen LogP contribution in [0.5, 0.6) is 11.5 Å².